The molecule has 7 heteroatoms. The first kappa shape index (κ1) is 17.4. The van der Waals surface area contributed by atoms with Crippen molar-refractivity contribution in [1.82, 2.24) is 5.32 Å². The first-order valence-corrected chi connectivity index (χ1v) is 7.25. The van der Waals surface area contributed by atoms with Crippen LogP contribution in [0.5, 0.6) is 5.75 Å². The van der Waals surface area contributed by atoms with Gasteiger partial charge in [0, 0.05) is 25.8 Å². The topological polar surface area (TPSA) is 90.7 Å². The quantitative estimate of drug-likeness (QED) is 0.622. The summed E-state index contributed by atoms with van der Waals surface area (Å²) in [5.74, 6) is -0.194. The Morgan fingerprint density at radius 2 is 1.92 bits per heavy atom. The molecule has 0 aromatic heterocycles. The lowest BCUT2D eigenvalue weighted by Crippen LogP contribution is -2.29. The van der Waals surface area contributed by atoms with Crippen molar-refractivity contribution in [2.75, 3.05) is 20.8 Å². The van der Waals surface area contributed by atoms with Crippen LogP contribution in [-0.2, 0) is 4.74 Å². The summed E-state index contributed by atoms with van der Waals surface area (Å²) >= 11 is 0. The van der Waals surface area contributed by atoms with Crippen LogP contribution >= 0.6 is 0 Å². The second-order valence-electron chi connectivity index (χ2n) is 4.99. The third-order valence-corrected chi connectivity index (χ3v) is 3.54. The van der Waals surface area contributed by atoms with Crippen LogP contribution in [0.4, 0.5) is 5.69 Å². The first-order chi connectivity index (χ1) is 11.6. The lowest BCUT2D eigenvalue weighted by atomic mass is 10.1. The number of nitro groups is 1. The number of nitrogens with one attached hydrogen (secondary N) is 1. The molecule has 0 aliphatic heterocycles. The Morgan fingerprint density at radius 3 is 2.50 bits per heavy atom. The van der Waals surface area contributed by atoms with Crippen LogP contribution in [0.15, 0.2) is 48.5 Å². The van der Waals surface area contributed by atoms with Crippen LogP contribution < -0.4 is 10.1 Å². The van der Waals surface area contributed by atoms with Crippen LogP contribution in [-0.4, -0.2) is 31.6 Å². The maximum Gasteiger partial charge on any atom is 0.270 e. The zero-order valence-electron chi connectivity index (χ0n) is 13.4. The van der Waals surface area contributed by atoms with Gasteiger partial charge in [0.05, 0.1) is 23.7 Å². The van der Waals surface area contributed by atoms with Gasteiger partial charge in [0.25, 0.3) is 11.6 Å². The predicted molar refractivity (Wildman–Crippen MR) is 88.2 cm³/mol. The van der Waals surface area contributed by atoms with Gasteiger partial charge in [-0.1, -0.05) is 30.3 Å². The normalized spacial score (nSPS) is 11.6. The minimum absolute atomic E-state index is 0.106. The van der Waals surface area contributed by atoms with E-state index in [1.165, 1.54) is 25.3 Å². The summed E-state index contributed by atoms with van der Waals surface area (Å²) in [6.07, 6.45) is -0.320. The van der Waals surface area contributed by atoms with E-state index < -0.39 is 10.8 Å². The van der Waals surface area contributed by atoms with Crippen molar-refractivity contribution in [3.63, 3.8) is 0 Å². The summed E-state index contributed by atoms with van der Waals surface area (Å²) in [6, 6.07) is 13.3. The van der Waals surface area contributed by atoms with E-state index >= 15 is 0 Å². The number of rotatable bonds is 7. The molecule has 24 heavy (non-hydrogen) atoms. The molecular weight excluding hydrogens is 312 g/mol. The minimum atomic E-state index is -0.557. The number of non-ortho nitro benzene ring substituents is 1. The van der Waals surface area contributed by atoms with E-state index in [2.05, 4.69) is 5.32 Å². The Bertz CT molecular complexity index is 718. The smallest absolute Gasteiger partial charge is 0.270 e. The largest absolute Gasteiger partial charge is 0.496 e. The maximum atomic E-state index is 12.4. The Kier molecular flexibility index (Phi) is 5.86. The van der Waals surface area contributed by atoms with E-state index in [0.717, 1.165) is 5.56 Å². The summed E-state index contributed by atoms with van der Waals surface area (Å²) in [5.41, 5.74) is 0.855. The monoisotopic (exact) mass is 330 g/mol. The summed E-state index contributed by atoms with van der Waals surface area (Å²) in [5, 5.41) is 13.6. The Labute approximate surface area is 139 Å². The van der Waals surface area contributed by atoms with Crippen LogP contribution in [0.3, 0.4) is 0 Å². The molecule has 2 rings (SSSR count). The number of nitrogens with zero attached hydrogens (tertiary/aromatic N) is 1. The van der Waals surface area contributed by atoms with E-state index in [-0.39, 0.29) is 29.6 Å². The molecule has 1 amide bonds. The molecule has 0 aliphatic carbocycles. The van der Waals surface area contributed by atoms with Crippen molar-refractivity contribution in [1.29, 1.82) is 0 Å². The number of hydrogen-bond acceptors (Lipinski definition) is 5. The van der Waals surface area contributed by atoms with Crippen LogP contribution in [0.1, 0.15) is 22.0 Å². The number of amides is 1. The molecule has 1 N–H and O–H groups in total. The van der Waals surface area contributed by atoms with Crippen LogP contribution in [0.25, 0.3) is 0 Å². The van der Waals surface area contributed by atoms with Crippen molar-refractivity contribution in [3.05, 3.63) is 69.8 Å². The van der Waals surface area contributed by atoms with E-state index in [1.807, 2.05) is 30.3 Å². The SMILES string of the molecule is COc1ccc([N+](=O)[O-])cc1C(=O)NCC(OC)c1ccccc1. The fourth-order valence-corrected chi connectivity index (χ4v) is 2.27. The van der Waals surface area contributed by atoms with Crippen molar-refractivity contribution < 1.29 is 19.2 Å². The van der Waals surface area contributed by atoms with Gasteiger partial charge in [-0.05, 0) is 11.6 Å². The van der Waals surface area contributed by atoms with Crippen molar-refractivity contribution in [2.45, 2.75) is 6.10 Å². The van der Waals surface area contributed by atoms with Crippen LogP contribution in [0, 0.1) is 10.1 Å². The standard InChI is InChI=1S/C17H18N2O5/c1-23-15-9-8-13(19(21)22)10-14(15)17(20)18-11-16(24-2)12-6-4-3-5-7-12/h3-10,16H,11H2,1-2H3,(H,18,20). The fourth-order valence-electron chi connectivity index (χ4n) is 2.27. The average molecular weight is 330 g/mol. The second kappa shape index (κ2) is 8.07. The van der Waals surface area contributed by atoms with Gasteiger partial charge in [-0.25, -0.2) is 0 Å². The molecule has 126 valence electrons. The van der Waals surface area contributed by atoms with Gasteiger partial charge in [-0.2, -0.15) is 0 Å². The van der Waals surface area contributed by atoms with Gasteiger partial charge in [-0.3, -0.25) is 14.9 Å². The molecule has 0 saturated heterocycles. The number of nitro benzene ring substituents is 1. The molecule has 2 aromatic rings. The number of ether oxygens (including phenoxy) is 2. The summed E-state index contributed by atoms with van der Waals surface area (Å²) < 4.78 is 10.5. The molecule has 0 saturated carbocycles. The van der Waals surface area contributed by atoms with E-state index in [9.17, 15) is 14.9 Å². The second-order valence-corrected chi connectivity index (χ2v) is 4.99. The van der Waals surface area contributed by atoms with Gasteiger partial charge >= 0.3 is 0 Å². The molecule has 1 atom stereocenters. The Balaban J connectivity index is 2.14. The summed E-state index contributed by atoms with van der Waals surface area (Å²) in [4.78, 5) is 22.7. The van der Waals surface area contributed by atoms with Gasteiger partial charge in [0.15, 0.2) is 0 Å². The van der Waals surface area contributed by atoms with E-state index in [4.69, 9.17) is 9.47 Å². The van der Waals surface area contributed by atoms with E-state index in [1.54, 1.807) is 7.11 Å². The van der Waals surface area contributed by atoms with Crippen molar-refractivity contribution in [3.8, 4) is 5.75 Å². The number of hydrogen-bond donors (Lipinski definition) is 1. The first-order valence-electron chi connectivity index (χ1n) is 7.25. The molecule has 0 aliphatic rings. The number of carbonyl (C=O) groups excluding carboxylic acids is 1. The van der Waals surface area contributed by atoms with Crippen molar-refractivity contribution >= 4 is 11.6 Å². The molecular formula is C17H18N2O5. The lowest BCUT2D eigenvalue weighted by molar-refractivity contribution is -0.384. The molecule has 0 heterocycles. The highest BCUT2D eigenvalue weighted by molar-refractivity contribution is 5.97. The molecule has 0 spiro atoms. The number of benzene rings is 2. The predicted octanol–water partition coefficient (Wildman–Crippen LogP) is 2.72. The third-order valence-electron chi connectivity index (χ3n) is 3.54. The molecule has 0 bridgehead atoms. The maximum absolute atomic E-state index is 12.4. The zero-order valence-corrected chi connectivity index (χ0v) is 13.4. The minimum Gasteiger partial charge on any atom is -0.496 e. The Morgan fingerprint density at radius 1 is 1.21 bits per heavy atom. The lowest BCUT2D eigenvalue weighted by Gasteiger charge is -2.17. The van der Waals surface area contributed by atoms with Gasteiger partial charge in [0.2, 0.25) is 0 Å². The summed E-state index contributed by atoms with van der Waals surface area (Å²) in [7, 11) is 2.96. The highest BCUT2D eigenvalue weighted by Gasteiger charge is 2.19. The fraction of sp³-hybridized carbons (Fsp3) is 0.235. The molecule has 0 fully saturated rings. The van der Waals surface area contributed by atoms with E-state index in [0.29, 0.717) is 0 Å². The Hall–Kier alpha value is -2.93. The zero-order chi connectivity index (χ0) is 17.5. The average Bonchev–Trinajstić information content (AvgIpc) is 2.62. The van der Waals surface area contributed by atoms with Crippen molar-refractivity contribution in [2.24, 2.45) is 0 Å². The van der Waals surface area contributed by atoms with Crippen LogP contribution in [0.2, 0.25) is 0 Å². The molecule has 0 radical (unpaired) electrons. The highest BCUT2D eigenvalue weighted by Crippen LogP contribution is 2.24. The molecule has 1 unspecified atom stereocenters. The third kappa shape index (κ3) is 4.08. The van der Waals surface area contributed by atoms with Gasteiger partial charge < -0.3 is 14.8 Å². The molecule has 2 aromatic carbocycles. The molecule has 7 nitrogen and oxygen atoms in total. The number of carbonyl (C=O) groups is 1. The summed E-state index contributed by atoms with van der Waals surface area (Å²) in [6.45, 7) is 0.227. The van der Waals surface area contributed by atoms with Gasteiger partial charge in [-0.15, -0.1) is 0 Å². The highest BCUT2D eigenvalue weighted by atomic mass is 16.6. The van der Waals surface area contributed by atoms with Gasteiger partial charge in [0.1, 0.15) is 5.75 Å². The number of methoxy groups -OCH3 is 2.